The fourth-order valence-corrected chi connectivity index (χ4v) is 5.10. The second-order valence-corrected chi connectivity index (χ2v) is 15.7. The van der Waals surface area contributed by atoms with Gasteiger partial charge in [-0.25, -0.2) is 9.78 Å². The van der Waals surface area contributed by atoms with Crippen molar-refractivity contribution in [3.05, 3.63) is 95.2 Å². The summed E-state index contributed by atoms with van der Waals surface area (Å²) in [5.74, 6) is 4.08. The van der Waals surface area contributed by atoms with Gasteiger partial charge in [0.2, 0.25) is 0 Å². The van der Waals surface area contributed by atoms with Crippen molar-refractivity contribution in [2.24, 2.45) is 0 Å². The molecule has 0 unspecified atom stereocenters. The first-order valence-corrected chi connectivity index (χ1v) is 16.3. The zero-order chi connectivity index (χ0) is 27.9. The molecular weight excluding hydrogens is 502 g/mol. The van der Waals surface area contributed by atoms with Crippen molar-refractivity contribution < 1.29 is 9.59 Å². The topological polar surface area (TPSA) is 73.0 Å². The molecule has 0 atom stereocenters. The highest BCUT2D eigenvalue weighted by molar-refractivity contribution is 6.83. The van der Waals surface area contributed by atoms with Gasteiger partial charge in [0.1, 0.15) is 19.4 Å². The summed E-state index contributed by atoms with van der Waals surface area (Å²) in [5.41, 5.74) is 8.80. The second kappa shape index (κ2) is 10.0. The number of aryl methyl sites for hydroxylation is 1. The van der Waals surface area contributed by atoms with Gasteiger partial charge in [-0.05, 0) is 30.7 Å². The molecule has 3 aromatic heterocycles. The highest BCUT2D eigenvalue weighted by Gasteiger charge is 2.22. The van der Waals surface area contributed by atoms with Crippen molar-refractivity contribution in [1.29, 1.82) is 0 Å². The fourth-order valence-electron chi connectivity index (χ4n) is 4.59. The first-order chi connectivity index (χ1) is 18.5. The van der Waals surface area contributed by atoms with E-state index in [2.05, 4.69) is 45.6 Å². The Labute approximate surface area is 229 Å². The molecule has 7 nitrogen and oxygen atoms in total. The molecule has 0 saturated heterocycles. The lowest BCUT2D eigenvalue weighted by Gasteiger charge is -2.11. The third-order valence-corrected chi connectivity index (χ3v) is 7.41. The first-order valence-electron chi connectivity index (χ1n) is 12.8. The number of benzene rings is 2. The molecule has 1 amide bonds. The Kier molecular flexibility index (Phi) is 6.70. The Balaban J connectivity index is 1.55. The lowest BCUT2D eigenvalue weighted by atomic mass is 9.99. The highest BCUT2D eigenvalue weighted by Crippen LogP contribution is 2.28. The van der Waals surface area contributed by atoms with Gasteiger partial charge in [0.05, 0.1) is 17.2 Å². The number of nitrogens with zero attached hydrogens (tertiary/aromatic N) is 5. The van der Waals surface area contributed by atoms with Crippen LogP contribution in [-0.4, -0.2) is 58.0 Å². The monoisotopic (exact) mass is 533 g/mol. The van der Waals surface area contributed by atoms with E-state index >= 15 is 0 Å². The van der Waals surface area contributed by atoms with E-state index in [1.54, 1.807) is 37.3 Å². The summed E-state index contributed by atoms with van der Waals surface area (Å²) in [5, 5.41) is 0.710. The number of ketones is 1. The van der Waals surface area contributed by atoms with Gasteiger partial charge in [-0.2, -0.15) is 0 Å². The molecule has 39 heavy (non-hydrogen) atoms. The Hall–Kier alpha value is -4.48. The van der Waals surface area contributed by atoms with Gasteiger partial charge < -0.3 is 9.47 Å². The van der Waals surface area contributed by atoms with Crippen LogP contribution in [0.3, 0.4) is 0 Å². The molecule has 0 aliphatic rings. The van der Waals surface area contributed by atoms with Crippen molar-refractivity contribution in [1.82, 2.24) is 24.0 Å². The molecule has 2 aromatic carbocycles. The van der Waals surface area contributed by atoms with Crippen molar-refractivity contribution >= 4 is 41.8 Å². The molecule has 5 aromatic rings. The summed E-state index contributed by atoms with van der Waals surface area (Å²) < 4.78 is 3.68. The van der Waals surface area contributed by atoms with E-state index < -0.39 is 8.07 Å². The molecule has 5 rings (SSSR count). The van der Waals surface area contributed by atoms with Gasteiger partial charge in [0.25, 0.3) is 0 Å². The van der Waals surface area contributed by atoms with Crippen molar-refractivity contribution in [3.8, 4) is 11.5 Å². The van der Waals surface area contributed by atoms with Crippen LogP contribution in [0.15, 0.2) is 67.1 Å². The standard InChI is InChI=1S/C31H31N5O2Si/c1-21-33-26-18-32-16-14-27(26)35(21)19-22-10-12-24(13-11-22)30(37)25-20-36(31(38)34(2)3)28-9-7-8-23(29(25)28)15-17-39(4,5)6/h7-14,16,18,20H,19H2,1-6H3. The van der Waals surface area contributed by atoms with Gasteiger partial charge in [0.15, 0.2) is 5.78 Å². The van der Waals surface area contributed by atoms with Crippen LogP contribution in [0.4, 0.5) is 4.79 Å². The minimum Gasteiger partial charge on any atom is -0.330 e. The molecule has 3 heterocycles. The van der Waals surface area contributed by atoms with E-state index in [0.29, 0.717) is 28.6 Å². The highest BCUT2D eigenvalue weighted by atomic mass is 28.3. The second-order valence-electron chi connectivity index (χ2n) is 10.9. The number of aromatic nitrogens is 4. The van der Waals surface area contributed by atoms with Crippen molar-refractivity contribution in [2.45, 2.75) is 33.1 Å². The largest absolute Gasteiger partial charge is 0.330 e. The van der Waals surface area contributed by atoms with Crippen molar-refractivity contribution in [2.75, 3.05) is 14.1 Å². The van der Waals surface area contributed by atoms with Gasteiger partial charge in [0, 0.05) is 55.1 Å². The van der Waals surface area contributed by atoms with E-state index in [-0.39, 0.29) is 11.8 Å². The number of amides is 1. The molecule has 0 spiro atoms. The minimum atomic E-state index is -1.66. The lowest BCUT2D eigenvalue weighted by Crippen LogP contribution is -2.26. The van der Waals surface area contributed by atoms with Gasteiger partial charge in [-0.3, -0.25) is 14.3 Å². The van der Waals surface area contributed by atoms with Crippen LogP contribution in [0.5, 0.6) is 0 Å². The van der Waals surface area contributed by atoms with Crippen LogP contribution in [0.25, 0.3) is 21.9 Å². The normalized spacial score (nSPS) is 11.4. The Morgan fingerprint density at radius 1 is 1.00 bits per heavy atom. The number of hydrogen-bond donors (Lipinski definition) is 0. The van der Waals surface area contributed by atoms with Crippen LogP contribution in [0.2, 0.25) is 19.6 Å². The molecule has 0 aliphatic carbocycles. The average Bonchev–Trinajstić information content (AvgIpc) is 3.44. The van der Waals surface area contributed by atoms with E-state index in [9.17, 15) is 9.59 Å². The van der Waals surface area contributed by atoms with E-state index in [4.69, 9.17) is 0 Å². The molecule has 0 radical (unpaired) electrons. The predicted octanol–water partition coefficient (Wildman–Crippen LogP) is 5.73. The fraction of sp³-hybridized carbons (Fsp3) is 0.226. The Morgan fingerprint density at radius 3 is 2.44 bits per heavy atom. The third-order valence-electron chi connectivity index (χ3n) is 6.53. The summed E-state index contributed by atoms with van der Waals surface area (Å²) >= 11 is 0. The quantitative estimate of drug-likeness (QED) is 0.168. The molecule has 0 N–H and O–H groups in total. The lowest BCUT2D eigenvalue weighted by molar-refractivity contribution is 0.104. The summed E-state index contributed by atoms with van der Waals surface area (Å²) in [6.07, 6.45) is 5.18. The van der Waals surface area contributed by atoms with Crippen molar-refractivity contribution in [3.63, 3.8) is 0 Å². The maximum Gasteiger partial charge on any atom is 0.328 e. The maximum absolute atomic E-state index is 13.9. The minimum absolute atomic E-state index is 0.144. The summed E-state index contributed by atoms with van der Waals surface area (Å²) in [4.78, 5) is 37.1. The maximum atomic E-state index is 13.9. The number of rotatable bonds is 4. The zero-order valence-corrected chi connectivity index (χ0v) is 24.1. The number of pyridine rings is 1. The summed E-state index contributed by atoms with van der Waals surface area (Å²) in [6.45, 7) is 9.15. The Bertz CT molecular complexity index is 1790. The zero-order valence-electron chi connectivity index (χ0n) is 23.1. The van der Waals surface area contributed by atoms with Crippen LogP contribution >= 0.6 is 0 Å². The molecular formula is C31H31N5O2Si. The average molecular weight is 534 g/mol. The SMILES string of the molecule is Cc1nc2cnccc2n1Cc1ccc(C(=O)c2cn(C(=O)N(C)C)c3cccc(C#C[Si](C)(C)C)c23)cc1. The molecule has 0 aliphatic heterocycles. The predicted molar refractivity (Wildman–Crippen MR) is 158 cm³/mol. The Morgan fingerprint density at radius 2 is 1.74 bits per heavy atom. The number of hydrogen-bond acceptors (Lipinski definition) is 4. The summed E-state index contributed by atoms with van der Waals surface area (Å²) in [7, 11) is 1.74. The number of imidazole rings is 1. The number of fused-ring (bicyclic) bond motifs is 2. The number of carbonyl (C=O) groups is 2. The van der Waals surface area contributed by atoms with Crippen LogP contribution in [-0.2, 0) is 6.54 Å². The van der Waals surface area contributed by atoms with Gasteiger partial charge in [-0.1, -0.05) is 55.9 Å². The van der Waals surface area contributed by atoms with E-state index in [1.807, 2.05) is 55.5 Å². The van der Waals surface area contributed by atoms with Crippen LogP contribution < -0.4 is 0 Å². The molecule has 8 heteroatoms. The van der Waals surface area contributed by atoms with Crippen LogP contribution in [0, 0.1) is 18.4 Å². The first kappa shape index (κ1) is 26.1. The smallest absolute Gasteiger partial charge is 0.328 e. The summed E-state index contributed by atoms with van der Waals surface area (Å²) in [6, 6.07) is 15.0. The van der Waals surface area contributed by atoms with E-state index in [0.717, 1.165) is 28.0 Å². The van der Waals surface area contributed by atoms with Crippen LogP contribution in [0.1, 0.15) is 32.9 Å². The molecule has 0 saturated carbocycles. The molecule has 0 bridgehead atoms. The number of carbonyl (C=O) groups excluding carboxylic acids is 2. The van der Waals surface area contributed by atoms with Gasteiger partial charge in [-0.15, -0.1) is 5.54 Å². The van der Waals surface area contributed by atoms with E-state index in [1.165, 1.54) is 4.90 Å². The molecule has 0 fully saturated rings. The van der Waals surface area contributed by atoms with Gasteiger partial charge >= 0.3 is 6.03 Å². The third kappa shape index (κ3) is 5.14. The molecule has 196 valence electrons.